The van der Waals surface area contributed by atoms with Crippen molar-refractivity contribution < 1.29 is 0 Å². The van der Waals surface area contributed by atoms with Gasteiger partial charge in [0.05, 0.1) is 0 Å². The lowest BCUT2D eigenvalue weighted by molar-refractivity contribution is 0.535. The van der Waals surface area contributed by atoms with Crippen molar-refractivity contribution in [3.63, 3.8) is 0 Å². The van der Waals surface area contributed by atoms with Crippen molar-refractivity contribution in [2.24, 2.45) is 5.92 Å². The molecule has 0 saturated carbocycles. The second-order valence-corrected chi connectivity index (χ2v) is 5.83. The van der Waals surface area contributed by atoms with Crippen LogP contribution < -0.4 is 5.32 Å². The van der Waals surface area contributed by atoms with Gasteiger partial charge < -0.3 is 5.32 Å². The van der Waals surface area contributed by atoms with Crippen LogP contribution in [0.15, 0.2) is 42.5 Å². The number of hydrogen-bond acceptors (Lipinski definition) is 1. The number of para-hydroxylation sites is 1. The fourth-order valence-corrected chi connectivity index (χ4v) is 3.01. The topological polar surface area (TPSA) is 12.0 Å². The van der Waals surface area contributed by atoms with E-state index in [-0.39, 0.29) is 0 Å². The molecule has 2 heteroatoms. The summed E-state index contributed by atoms with van der Waals surface area (Å²) < 4.78 is 0. The van der Waals surface area contributed by atoms with E-state index < -0.39 is 0 Å². The molecule has 0 spiro atoms. The average molecular weight is 272 g/mol. The molecule has 1 N–H and O–H groups in total. The van der Waals surface area contributed by atoms with Gasteiger partial charge in [-0.25, -0.2) is 0 Å². The molecule has 0 aromatic heterocycles. The molecule has 1 aliphatic heterocycles. The average Bonchev–Trinajstić information content (AvgIpc) is 2.42. The first-order valence-corrected chi connectivity index (χ1v) is 7.17. The molecule has 98 valence electrons. The Kier molecular flexibility index (Phi) is 3.48. The molecule has 3 rings (SSSR count). The highest BCUT2D eigenvalue weighted by molar-refractivity contribution is 6.30. The zero-order valence-corrected chi connectivity index (χ0v) is 11.9. The molecular weight excluding hydrogens is 254 g/mol. The van der Waals surface area contributed by atoms with Crippen molar-refractivity contribution >= 4 is 17.3 Å². The van der Waals surface area contributed by atoms with Crippen molar-refractivity contribution in [2.75, 3.05) is 11.9 Å². The lowest BCUT2D eigenvalue weighted by atomic mass is 9.88. The van der Waals surface area contributed by atoms with Gasteiger partial charge in [-0.15, -0.1) is 0 Å². The number of benzene rings is 2. The third-order valence-corrected chi connectivity index (χ3v) is 4.12. The highest BCUT2D eigenvalue weighted by Crippen LogP contribution is 2.29. The summed E-state index contributed by atoms with van der Waals surface area (Å²) in [6.07, 6.45) is 2.27. The molecule has 1 unspecified atom stereocenters. The van der Waals surface area contributed by atoms with Crippen LogP contribution in [0.5, 0.6) is 0 Å². The van der Waals surface area contributed by atoms with E-state index >= 15 is 0 Å². The van der Waals surface area contributed by atoms with Gasteiger partial charge in [-0.1, -0.05) is 41.9 Å². The molecule has 1 heterocycles. The monoisotopic (exact) mass is 271 g/mol. The highest BCUT2D eigenvalue weighted by Gasteiger charge is 2.19. The Morgan fingerprint density at radius 3 is 2.74 bits per heavy atom. The molecule has 2 aromatic carbocycles. The summed E-state index contributed by atoms with van der Waals surface area (Å²) in [7, 11) is 0. The normalized spacial score (nSPS) is 17.7. The number of aryl methyl sites for hydroxylation is 1. The van der Waals surface area contributed by atoms with Crippen LogP contribution in [0.4, 0.5) is 5.69 Å². The van der Waals surface area contributed by atoms with Crippen LogP contribution in [0.3, 0.4) is 0 Å². The number of nitrogens with one attached hydrogen (secondary N) is 1. The van der Waals surface area contributed by atoms with Gasteiger partial charge in [0.1, 0.15) is 0 Å². The molecule has 0 saturated heterocycles. The second-order valence-electron chi connectivity index (χ2n) is 5.39. The number of anilines is 1. The molecule has 1 nitrogen and oxygen atoms in total. The van der Waals surface area contributed by atoms with Crippen molar-refractivity contribution in [1.29, 1.82) is 0 Å². The van der Waals surface area contributed by atoms with Crippen LogP contribution in [0, 0.1) is 12.8 Å². The third-order valence-electron chi connectivity index (χ3n) is 3.87. The maximum absolute atomic E-state index is 5.93. The van der Waals surface area contributed by atoms with E-state index in [1.54, 1.807) is 0 Å². The molecule has 19 heavy (non-hydrogen) atoms. The lowest BCUT2D eigenvalue weighted by Gasteiger charge is -2.27. The van der Waals surface area contributed by atoms with Crippen LogP contribution in [0.1, 0.15) is 16.7 Å². The Labute approximate surface area is 119 Å². The van der Waals surface area contributed by atoms with Gasteiger partial charge in [-0.3, -0.25) is 0 Å². The van der Waals surface area contributed by atoms with Crippen molar-refractivity contribution in [2.45, 2.75) is 19.8 Å². The van der Waals surface area contributed by atoms with Gasteiger partial charge in [-0.05, 0) is 54.5 Å². The van der Waals surface area contributed by atoms with Crippen LogP contribution in [-0.2, 0) is 12.8 Å². The molecule has 0 amide bonds. The van der Waals surface area contributed by atoms with Crippen molar-refractivity contribution in [3.8, 4) is 0 Å². The van der Waals surface area contributed by atoms with E-state index in [4.69, 9.17) is 11.6 Å². The van der Waals surface area contributed by atoms with Gasteiger partial charge in [0, 0.05) is 17.3 Å². The van der Waals surface area contributed by atoms with Crippen molar-refractivity contribution in [1.82, 2.24) is 0 Å². The quantitative estimate of drug-likeness (QED) is 0.849. The Bertz CT molecular complexity index is 574. The number of rotatable bonds is 2. The Morgan fingerprint density at radius 1 is 1.16 bits per heavy atom. The molecule has 0 radical (unpaired) electrons. The fraction of sp³-hybridized carbons (Fsp3) is 0.294. The summed E-state index contributed by atoms with van der Waals surface area (Å²) >= 11 is 5.93. The maximum atomic E-state index is 5.93. The molecular formula is C17H18ClN. The van der Waals surface area contributed by atoms with Crippen LogP contribution in [0.2, 0.25) is 5.02 Å². The minimum atomic E-state index is 0.662. The van der Waals surface area contributed by atoms with Crippen LogP contribution >= 0.6 is 11.6 Å². The van der Waals surface area contributed by atoms with Gasteiger partial charge in [0.15, 0.2) is 0 Å². The Balaban J connectivity index is 1.74. The molecule has 0 aliphatic carbocycles. The summed E-state index contributed by atoms with van der Waals surface area (Å²) in [5.74, 6) is 0.662. The van der Waals surface area contributed by atoms with E-state index in [2.05, 4.69) is 42.6 Å². The predicted octanol–water partition coefficient (Wildman–Crippen LogP) is 4.48. The van der Waals surface area contributed by atoms with Crippen molar-refractivity contribution in [3.05, 3.63) is 64.2 Å². The largest absolute Gasteiger partial charge is 0.384 e. The van der Waals surface area contributed by atoms with E-state index in [9.17, 15) is 0 Å². The van der Waals surface area contributed by atoms with Crippen LogP contribution in [0.25, 0.3) is 0 Å². The molecule has 0 bridgehead atoms. The molecule has 1 atom stereocenters. The highest BCUT2D eigenvalue weighted by atomic mass is 35.5. The number of halogens is 1. The zero-order valence-electron chi connectivity index (χ0n) is 11.1. The summed E-state index contributed by atoms with van der Waals surface area (Å²) in [5.41, 5.74) is 5.51. The summed E-state index contributed by atoms with van der Waals surface area (Å²) in [5, 5.41) is 4.40. The summed E-state index contributed by atoms with van der Waals surface area (Å²) in [4.78, 5) is 0. The summed E-state index contributed by atoms with van der Waals surface area (Å²) in [6, 6.07) is 14.8. The van der Waals surface area contributed by atoms with E-state index in [1.165, 1.54) is 22.4 Å². The predicted molar refractivity (Wildman–Crippen MR) is 82.0 cm³/mol. The Hall–Kier alpha value is -1.47. The SMILES string of the molecule is Cc1cccc2c1NCC(Cc1ccc(Cl)cc1)C2. The third kappa shape index (κ3) is 2.76. The van der Waals surface area contributed by atoms with E-state index in [0.717, 1.165) is 24.4 Å². The minimum absolute atomic E-state index is 0.662. The van der Waals surface area contributed by atoms with Gasteiger partial charge in [0.2, 0.25) is 0 Å². The maximum Gasteiger partial charge on any atom is 0.0406 e. The smallest absolute Gasteiger partial charge is 0.0406 e. The van der Waals surface area contributed by atoms with E-state index in [0.29, 0.717) is 5.92 Å². The molecule has 0 fully saturated rings. The minimum Gasteiger partial charge on any atom is -0.384 e. The number of fused-ring (bicyclic) bond motifs is 1. The lowest BCUT2D eigenvalue weighted by Crippen LogP contribution is -2.25. The molecule has 2 aromatic rings. The zero-order chi connectivity index (χ0) is 13.2. The first kappa shape index (κ1) is 12.6. The van der Waals surface area contributed by atoms with E-state index in [1.807, 2.05) is 12.1 Å². The fourth-order valence-electron chi connectivity index (χ4n) is 2.88. The van der Waals surface area contributed by atoms with Gasteiger partial charge in [-0.2, -0.15) is 0 Å². The summed E-state index contributed by atoms with van der Waals surface area (Å²) in [6.45, 7) is 3.23. The molecule has 1 aliphatic rings. The first-order valence-electron chi connectivity index (χ1n) is 6.79. The van der Waals surface area contributed by atoms with Gasteiger partial charge >= 0.3 is 0 Å². The Morgan fingerprint density at radius 2 is 1.95 bits per heavy atom. The van der Waals surface area contributed by atoms with Crippen LogP contribution in [-0.4, -0.2) is 6.54 Å². The number of hydrogen-bond donors (Lipinski definition) is 1. The van der Waals surface area contributed by atoms with Gasteiger partial charge in [0.25, 0.3) is 0 Å². The second kappa shape index (κ2) is 5.26. The first-order chi connectivity index (χ1) is 9.22. The standard InChI is InChI=1S/C17H18ClN/c1-12-3-2-4-15-10-14(11-19-17(12)15)9-13-5-7-16(18)8-6-13/h2-8,14,19H,9-11H2,1H3.